The first-order valence-corrected chi connectivity index (χ1v) is 11.7. The van der Waals surface area contributed by atoms with Gasteiger partial charge in [-0.2, -0.15) is 4.31 Å². The van der Waals surface area contributed by atoms with Crippen molar-refractivity contribution in [3.63, 3.8) is 0 Å². The maximum Gasteiger partial charge on any atom is 0.332 e. The molecule has 1 aliphatic rings. The highest BCUT2D eigenvalue weighted by Gasteiger charge is 2.28. The third kappa shape index (κ3) is 4.21. The van der Waals surface area contributed by atoms with Crippen molar-refractivity contribution < 1.29 is 17.9 Å². The van der Waals surface area contributed by atoms with Crippen LogP contribution < -0.4 is 16.6 Å². The molecule has 13 heteroatoms. The number of hydrogen-bond acceptors (Lipinski definition) is 7. The van der Waals surface area contributed by atoms with Crippen molar-refractivity contribution in [1.82, 2.24) is 28.3 Å². The lowest BCUT2D eigenvalue weighted by molar-refractivity contribution is -0.121. The van der Waals surface area contributed by atoms with E-state index in [0.717, 1.165) is 4.57 Å². The van der Waals surface area contributed by atoms with E-state index in [2.05, 4.69) is 10.3 Å². The van der Waals surface area contributed by atoms with Crippen LogP contribution in [-0.4, -0.2) is 63.6 Å². The SMILES string of the molecule is Cn1cnc2c1c(=O)n(CC(=O)NCc1ccccc1S(=O)(=O)N1CCOCC1)c(=O)n2C. The first kappa shape index (κ1) is 22.9. The Morgan fingerprint density at radius 3 is 2.58 bits per heavy atom. The molecule has 3 heterocycles. The van der Waals surface area contributed by atoms with Crippen LogP contribution in [-0.2, 0) is 46.7 Å². The molecule has 2 aromatic heterocycles. The summed E-state index contributed by atoms with van der Waals surface area (Å²) in [5.74, 6) is -0.603. The van der Waals surface area contributed by atoms with E-state index in [1.165, 1.54) is 32.9 Å². The predicted molar refractivity (Wildman–Crippen MR) is 118 cm³/mol. The average molecular weight is 477 g/mol. The van der Waals surface area contributed by atoms with Crippen molar-refractivity contribution in [2.45, 2.75) is 18.0 Å². The summed E-state index contributed by atoms with van der Waals surface area (Å²) < 4.78 is 36.2. The van der Waals surface area contributed by atoms with Crippen molar-refractivity contribution >= 4 is 27.1 Å². The Hall–Kier alpha value is -3.29. The lowest BCUT2D eigenvalue weighted by atomic mass is 10.2. The highest BCUT2D eigenvalue weighted by atomic mass is 32.2. The zero-order chi connectivity index (χ0) is 23.8. The molecule has 1 aliphatic heterocycles. The van der Waals surface area contributed by atoms with Crippen molar-refractivity contribution in [3.8, 4) is 0 Å². The fourth-order valence-corrected chi connectivity index (χ4v) is 5.39. The van der Waals surface area contributed by atoms with Gasteiger partial charge in [0, 0.05) is 33.7 Å². The molecule has 0 spiro atoms. The van der Waals surface area contributed by atoms with Crippen LogP contribution in [0.25, 0.3) is 11.2 Å². The quantitative estimate of drug-likeness (QED) is 0.470. The number of benzene rings is 1. The topological polar surface area (TPSA) is 138 Å². The molecule has 1 N–H and O–H groups in total. The zero-order valence-electron chi connectivity index (χ0n) is 18.2. The molecule has 0 bridgehead atoms. The number of sulfonamides is 1. The molecule has 4 rings (SSSR count). The number of carbonyl (C=O) groups excluding carboxylic acids is 1. The molecule has 0 unspecified atom stereocenters. The minimum Gasteiger partial charge on any atom is -0.379 e. The zero-order valence-corrected chi connectivity index (χ0v) is 19.0. The fourth-order valence-electron chi connectivity index (χ4n) is 3.76. The number of imidazole rings is 1. The minimum absolute atomic E-state index is 0.0817. The van der Waals surface area contributed by atoms with E-state index in [4.69, 9.17) is 4.74 Å². The summed E-state index contributed by atoms with van der Waals surface area (Å²) in [6, 6.07) is 6.39. The number of aryl methyl sites for hydroxylation is 2. The predicted octanol–water partition coefficient (Wildman–Crippen LogP) is -1.23. The maximum atomic E-state index is 13.1. The van der Waals surface area contributed by atoms with E-state index in [-0.39, 0.29) is 35.7 Å². The van der Waals surface area contributed by atoms with Crippen molar-refractivity contribution in [1.29, 1.82) is 0 Å². The van der Waals surface area contributed by atoms with E-state index >= 15 is 0 Å². The van der Waals surface area contributed by atoms with Crippen LogP contribution in [0.1, 0.15) is 5.56 Å². The van der Waals surface area contributed by atoms with Gasteiger partial charge >= 0.3 is 5.69 Å². The number of nitrogens with one attached hydrogen (secondary N) is 1. The van der Waals surface area contributed by atoms with Gasteiger partial charge < -0.3 is 14.6 Å². The summed E-state index contributed by atoms with van der Waals surface area (Å²) in [5.41, 5.74) is -0.465. The Balaban J connectivity index is 1.55. The third-order valence-corrected chi connectivity index (χ3v) is 7.54. The highest BCUT2D eigenvalue weighted by Crippen LogP contribution is 2.21. The van der Waals surface area contributed by atoms with Crippen LogP contribution >= 0.6 is 0 Å². The van der Waals surface area contributed by atoms with Crippen molar-refractivity contribution in [3.05, 3.63) is 57.0 Å². The number of nitrogens with zero attached hydrogens (tertiary/aromatic N) is 5. The van der Waals surface area contributed by atoms with E-state index < -0.39 is 33.7 Å². The summed E-state index contributed by atoms with van der Waals surface area (Å²) in [6.45, 7) is 0.565. The van der Waals surface area contributed by atoms with Gasteiger partial charge in [-0.05, 0) is 11.6 Å². The molecular formula is C20H24N6O6S. The van der Waals surface area contributed by atoms with Gasteiger partial charge in [-0.15, -0.1) is 0 Å². The number of ether oxygens (including phenoxy) is 1. The molecule has 0 atom stereocenters. The van der Waals surface area contributed by atoms with E-state index in [0.29, 0.717) is 18.8 Å². The molecule has 0 saturated carbocycles. The molecular weight excluding hydrogens is 452 g/mol. The number of rotatable bonds is 6. The van der Waals surface area contributed by atoms with Crippen molar-refractivity contribution in [2.75, 3.05) is 26.3 Å². The van der Waals surface area contributed by atoms with Crippen LogP contribution in [0.5, 0.6) is 0 Å². The molecule has 1 aromatic carbocycles. The minimum atomic E-state index is -3.76. The summed E-state index contributed by atoms with van der Waals surface area (Å²) in [7, 11) is -0.664. The van der Waals surface area contributed by atoms with Crippen LogP contribution in [0.2, 0.25) is 0 Å². The number of carbonyl (C=O) groups is 1. The van der Waals surface area contributed by atoms with Gasteiger partial charge in [0.05, 0.1) is 24.4 Å². The highest BCUT2D eigenvalue weighted by molar-refractivity contribution is 7.89. The van der Waals surface area contributed by atoms with Crippen LogP contribution in [0.3, 0.4) is 0 Å². The Morgan fingerprint density at radius 2 is 1.85 bits per heavy atom. The van der Waals surface area contributed by atoms with Gasteiger partial charge in [0.1, 0.15) is 6.54 Å². The second-order valence-electron chi connectivity index (χ2n) is 7.66. The van der Waals surface area contributed by atoms with Gasteiger partial charge in [-0.25, -0.2) is 22.8 Å². The number of hydrogen-bond donors (Lipinski definition) is 1. The molecule has 176 valence electrons. The largest absolute Gasteiger partial charge is 0.379 e. The molecule has 12 nitrogen and oxygen atoms in total. The lowest BCUT2D eigenvalue weighted by Crippen LogP contribution is -2.43. The Bertz CT molecular complexity index is 1430. The summed E-state index contributed by atoms with van der Waals surface area (Å²) in [5, 5.41) is 2.62. The standard InChI is InChI=1S/C20H24N6O6S/c1-23-13-22-18-17(23)19(28)26(20(29)24(18)2)12-16(27)21-11-14-5-3-4-6-15(14)33(30,31)25-7-9-32-10-8-25/h3-6,13H,7-12H2,1-2H3,(H,21,27). The molecule has 0 radical (unpaired) electrons. The first-order chi connectivity index (χ1) is 15.7. The van der Waals surface area contributed by atoms with Gasteiger partial charge in [-0.3, -0.25) is 14.2 Å². The fraction of sp³-hybridized carbons (Fsp3) is 0.400. The monoisotopic (exact) mass is 476 g/mol. The molecule has 1 saturated heterocycles. The molecule has 1 fully saturated rings. The van der Waals surface area contributed by atoms with Gasteiger partial charge in [0.25, 0.3) is 5.56 Å². The smallest absolute Gasteiger partial charge is 0.332 e. The van der Waals surface area contributed by atoms with Gasteiger partial charge in [0.15, 0.2) is 11.2 Å². The first-order valence-electron chi connectivity index (χ1n) is 10.2. The molecule has 0 aliphatic carbocycles. The second-order valence-corrected chi connectivity index (χ2v) is 9.57. The second kappa shape index (κ2) is 8.92. The number of fused-ring (bicyclic) bond motifs is 1. The molecule has 3 aromatic rings. The van der Waals surface area contributed by atoms with E-state index in [9.17, 15) is 22.8 Å². The van der Waals surface area contributed by atoms with Crippen LogP contribution in [0, 0.1) is 0 Å². The normalized spacial score (nSPS) is 15.1. The van der Waals surface area contributed by atoms with Gasteiger partial charge in [0.2, 0.25) is 15.9 Å². The van der Waals surface area contributed by atoms with Crippen molar-refractivity contribution in [2.24, 2.45) is 14.1 Å². The molecule has 33 heavy (non-hydrogen) atoms. The Labute approximate surface area is 189 Å². The van der Waals surface area contributed by atoms with Gasteiger partial charge in [-0.1, -0.05) is 18.2 Å². The Morgan fingerprint density at radius 1 is 1.15 bits per heavy atom. The summed E-state index contributed by atoms with van der Waals surface area (Å²) in [6.07, 6.45) is 1.42. The average Bonchev–Trinajstić information content (AvgIpc) is 3.21. The van der Waals surface area contributed by atoms with E-state index in [1.807, 2.05) is 0 Å². The van der Waals surface area contributed by atoms with E-state index in [1.54, 1.807) is 25.2 Å². The lowest BCUT2D eigenvalue weighted by Gasteiger charge is -2.27. The summed E-state index contributed by atoms with van der Waals surface area (Å²) >= 11 is 0. The summed E-state index contributed by atoms with van der Waals surface area (Å²) in [4.78, 5) is 42.1. The number of amides is 1. The maximum absolute atomic E-state index is 13.1. The molecule has 1 amide bonds. The van der Waals surface area contributed by atoms with Crippen LogP contribution in [0.4, 0.5) is 0 Å². The van der Waals surface area contributed by atoms with Crippen LogP contribution in [0.15, 0.2) is 45.1 Å². The Kier molecular flexibility index (Phi) is 6.19. The number of morpholine rings is 1. The number of aromatic nitrogens is 4. The third-order valence-electron chi connectivity index (χ3n) is 5.54.